The first-order chi connectivity index (χ1) is 12.0. The minimum absolute atomic E-state index is 0.0284. The number of rotatable bonds is 5. The van der Waals surface area contributed by atoms with E-state index in [9.17, 15) is 9.59 Å². The zero-order chi connectivity index (χ0) is 17.8. The zero-order valence-electron chi connectivity index (χ0n) is 14.3. The molecule has 25 heavy (non-hydrogen) atoms. The van der Waals surface area contributed by atoms with Crippen molar-refractivity contribution in [2.24, 2.45) is 0 Å². The number of hydrogen-bond donors (Lipinski definition) is 0. The van der Waals surface area contributed by atoms with Crippen molar-refractivity contribution in [1.29, 1.82) is 0 Å². The van der Waals surface area contributed by atoms with Gasteiger partial charge in [0.05, 0.1) is 6.42 Å². The topological polar surface area (TPSA) is 61.8 Å². The highest BCUT2D eigenvalue weighted by molar-refractivity contribution is 5.98. The fourth-order valence-electron chi connectivity index (χ4n) is 2.66. The Morgan fingerprint density at radius 2 is 1.72 bits per heavy atom. The van der Waals surface area contributed by atoms with E-state index < -0.39 is 5.97 Å². The van der Waals surface area contributed by atoms with Crippen LogP contribution in [0.25, 0.3) is 0 Å². The molecule has 2 aromatic rings. The monoisotopic (exact) mass is 340 g/mol. The van der Waals surface area contributed by atoms with Crippen LogP contribution >= 0.6 is 0 Å². The lowest BCUT2D eigenvalue weighted by molar-refractivity contribution is -0.134. The van der Waals surface area contributed by atoms with Crippen molar-refractivity contribution < 1.29 is 23.8 Å². The lowest BCUT2D eigenvalue weighted by atomic mass is 10.1. The minimum Gasteiger partial charge on any atom is -0.486 e. The molecule has 0 fully saturated rings. The fourth-order valence-corrected chi connectivity index (χ4v) is 2.66. The number of aryl methyl sites for hydroxylation is 2. The van der Waals surface area contributed by atoms with Crippen LogP contribution in [0.15, 0.2) is 36.4 Å². The first kappa shape index (κ1) is 17.0. The second-order valence-electron chi connectivity index (χ2n) is 6.02. The highest BCUT2D eigenvalue weighted by Gasteiger charge is 2.16. The molecule has 130 valence electrons. The average Bonchev–Trinajstić information content (AvgIpc) is 2.61. The summed E-state index contributed by atoms with van der Waals surface area (Å²) in [4.78, 5) is 24.3. The number of carbonyl (C=O) groups excluding carboxylic acids is 2. The van der Waals surface area contributed by atoms with Crippen LogP contribution in [0.3, 0.4) is 0 Å². The number of Topliss-reactive ketones (excluding diaryl/α,β-unsaturated/α-hetero) is 1. The van der Waals surface area contributed by atoms with Crippen molar-refractivity contribution in [3.05, 3.63) is 53.1 Å². The van der Waals surface area contributed by atoms with E-state index in [-0.39, 0.29) is 18.6 Å². The Morgan fingerprint density at radius 1 is 0.960 bits per heavy atom. The van der Waals surface area contributed by atoms with Gasteiger partial charge in [0.15, 0.2) is 17.3 Å². The van der Waals surface area contributed by atoms with Crippen LogP contribution in [0.4, 0.5) is 0 Å². The molecule has 5 nitrogen and oxygen atoms in total. The molecule has 0 spiro atoms. The van der Waals surface area contributed by atoms with Crippen molar-refractivity contribution >= 4 is 11.8 Å². The van der Waals surface area contributed by atoms with Gasteiger partial charge in [0, 0.05) is 12.0 Å². The number of carbonyl (C=O) groups is 2. The van der Waals surface area contributed by atoms with E-state index in [1.54, 1.807) is 24.3 Å². The van der Waals surface area contributed by atoms with Gasteiger partial charge in [0.2, 0.25) is 0 Å². The summed E-state index contributed by atoms with van der Waals surface area (Å²) in [6, 6.07) is 10.7. The Balaban J connectivity index is 1.57. The Morgan fingerprint density at radius 3 is 2.48 bits per heavy atom. The van der Waals surface area contributed by atoms with Gasteiger partial charge >= 0.3 is 5.97 Å². The van der Waals surface area contributed by atoms with Crippen molar-refractivity contribution in [3.63, 3.8) is 0 Å². The largest absolute Gasteiger partial charge is 0.486 e. The van der Waals surface area contributed by atoms with Gasteiger partial charge in [-0.25, -0.2) is 0 Å². The Bertz CT molecular complexity index is 810. The van der Waals surface area contributed by atoms with E-state index in [0.717, 1.165) is 11.1 Å². The molecular weight excluding hydrogens is 320 g/mol. The van der Waals surface area contributed by atoms with Crippen molar-refractivity contribution in [2.45, 2.75) is 26.7 Å². The van der Waals surface area contributed by atoms with Crippen LogP contribution in [0.1, 0.15) is 34.3 Å². The van der Waals surface area contributed by atoms with E-state index in [1.165, 1.54) is 0 Å². The normalized spacial score (nSPS) is 12.6. The maximum Gasteiger partial charge on any atom is 0.311 e. The Kier molecular flexibility index (Phi) is 5.03. The molecule has 0 saturated carbocycles. The molecule has 1 heterocycles. The van der Waals surface area contributed by atoms with Gasteiger partial charge in [-0.3, -0.25) is 9.59 Å². The molecule has 0 bridgehead atoms. The molecule has 0 saturated heterocycles. The molecule has 3 rings (SSSR count). The molecule has 0 amide bonds. The van der Waals surface area contributed by atoms with Crippen LogP contribution in [-0.4, -0.2) is 25.0 Å². The van der Waals surface area contributed by atoms with Crippen LogP contribution in [0.2, 0.25) is 0 Å². The third-order valence-electron chi connectivity index (χ3n) is 3.97. The van der Waals surface area contributed by atoms with Gasteiger partial charge in [-0.05, 0) is 43.7 Å². The van der Waals surface area contributed by atoms with Crippen molar-refractivity contribution in [2.75, 3.05) is 13.2 Å². The lowest BCUT2D eigenvalue weighted by Gasteiger charge is -2.18. The smallest absolute Gasteiger partial charge is 0.311 e. The third kappa shape index (κ3) is 4.18. The van der Waals surface area contributed by atoms with E-state index in [1.807, 2.05) is 26.0 Å². The minimum atomic E-state index is -0.419. The molecule has 0 aromatic heterocycles. The molecule has 0 radical (unpaired) electrons. The van der Waals surface area contributed by atoms with Gasteiger partial charge in [-0.2, -0.15) is 0 Å². The van der Waals surface area contributed by atoms with Crippen LogP contribution < -0.4 is 14.2 Å². The summed E-state index contributed by atoms with van der Waals surface area (Å²) in [5.74, 6) is 1.18. The molecule has 1 aliphatic heterocycles. The Hall–Kier alpha value is -2.82. The van der Waals surface area contributed by atoms with Gasteiger partial charge in [-0.1, -0.05) is 17.7 Å². The van der Waals surface area contributed by atoms with Gasteiger partial charge in [-0.15, -0.1) is 0 Å². The molecule has 0 N–H and O–H groups in total. The summed E-state index contributed by atoms with van der Waals surface area (Å²) in [5.41, 5.74) is 2.50. The quantitative estimate of drug-likeness (QED) is 0.472. The fraction of sp³-hybridized carbons (Fsp3) is 0.300. The summed E-state index contributed by atoms with van der Waals surface area (Å²) in [6.07, 6.45) is 0.115. The standard InChI is InChI=1S/C20H20O5/c1-13-3-6-17(14(2)11-13)25-20(22)8-5-16(21)15-4-7-18-19(12-15)24-10-9-23-18/h3-4,6-7,11-12H,5,8-10H2,1-2H3. The second-order valence-corrected chi connectivity index (χ2v) is 6.02. The Labute approximate surface area is 146 Å². The van der Waals surface area contributed by atoms with Gasteiger partial charge in [0.25, 0.3) is 0 Å². The second kappa shape index (κ2) is 7.38. The molecule has 0 aliphatic carbocycles. The summed E-state index contributed by atoms with van der Waals surface area (Å²) >= 11 is 0. The van der Waals surface area contributed by atoms with Gasteiger partial charge < -0.3 is 14.2 Å². The summed E-state index contributed by atoms with van der Waals surface area (Å²) in [7, 11) is 0. The third-order valence-corrected chi connectivity index (χ3v) is 3.97. The summed E-state index contributed by atoms with van der Waals surface area (Å²) < 4.78 is 16.2. The number of ether oxygens (including phenoxy) is 3. The predicted molar refractivity (Wildman–Crippen MR) is 92.5 cm³/mol. The number of benzene rings is 2. The predicted octanol–water partition coefficient (Wildman–Crippen LogP) is 3.64. The maximum atomic E-state index is 12.3. The van der Waals surface area contributed by atoms with E-state index in [0.29, 0.717) is 36.0 Å². The molecule has 1 aliphatic rings. The number of esters is 1. The average molecular weight is 340 g/mol. The highest BCUT2D eigenvalue weighted by atomic mass is 16.6. The van der Waals surface area contributed by atoms with Gasteiger partial charge in [0.1, 0.15) is 19.0 Å². The first-order valence-electron chi connectivity index (χ1n) is 8.24. The zero-order valence-corrected chi connectivity index (χ0v) is 14.3. The van der Waals surface area contributed by atoms with Crippen molar-refractivity contribution in [1.82, 2.24) is 0 Å². The van der Waals surface area contributed by atoms with Crippen LogP contribution in [-0.2, 0) is 4.79 Å². The number of hydrogen-bond acceptors (Lipinski definition) is 5. The molecule has 0 unspecified atom stereocenters. The summed E-state index contributed by atoms with van der Waals surface area (Å²) in [6.45, 7) is 4.83. The molecule has 0 atom stereocenters. The molecular formula is C20H20O5. The maximum absolute atomic E-state index is 12.3. The van der Waals surface area contributed by atoms with E-state index in [4.69, 9.17) is 14.2 Å². The first-order valence-corrected chi connectivity index (χ1v) is 8.24. The van der Waals surface area contributed by atoms with Crippen molar-refractivity contribution in [3.8, 4) is 17.2 Å². The summed E-state index contributed by atoms with van der Waals surface area (Å²) in [5, 5.41) is 0. The highest BCUT2D eigenvalue weighted by Crippen LogP contribution is 2.31. The number of ketones is 1. The van der Waals surface area contributed by atoms with E-state index >= 15 is 0 Å². The number of fused-ring (bicyclic) bond motifs is 1. The SMILES string of the molecule is Cc1ccc(OC(=O)CCC(=O)c2ccc3c(c2)OCCO3)c(C)c1. The van der Waals surface area contributed by atoms with Crippen LogP contribution in [0.5, 0.6) is 17.2 Å². The molecule has 5 heteroatoms. The molecule has 2 aromatic carbocycles. The van der Waals surface area contributed by atoms with Crippen LogP contribution in [0, 0.1) is 13.8 Å². The lowest BCUT2D eigenvalue weighted by Crippen LogP contribution is -2.16. The van der Waals surface area contributed by atoms with E-state index in [2.05, 4.69) is 0 Å².